The molecule has 1 N–H and O–H groups in total. The summed E-state index contributed by atoms with van der Waals surface area (Å²) in [7, 11) is 0. The highest BCUT2D eigenvalue weighted by molar-refractivity contribution is 6.30. The summed E-state index contributed by atoms with van der Waals surface area (Å²) in [5.41, 5.74) is 3.75. The van der Waals surface area contributed by atoms with Gasteiger partial charge in [-0.1, -0.05) is 62.6 Å². The van der Waals surface area contributed by atoms with Crippen molar-refractivity contribution in [2.24, 2.45) is 0 Å². The molecule has 0 fully saturated rings. The molecule has 0 bridgehead atoms. The maximum Gasteiger partial charge on any atom is 0.161 e. The van der Waals surface area contributed by atoms with Crippen LogP contribution in [0.5, 0.6) is 11.5 Å². The minimum Gasteiger partial charge on any atom is -0.490 e. The Morgan fingerprint density at radius 2 is 1.63 bits per heavy atom. The Labute approximate surface area is 192 Å². The van der Waals surface area contributed by atoms with Gasteiger partial charge in [-0.25, -0.2) is 0 Å². The van der Waals surface area contributed by atoms with E-state index in [9.17, 15) is 0 Å². The first-order valence-corrected chi connectivity index (χ1v) is 11.2. The molecule has 3 nitrogen and oxygen atoms in total. The van der Waals surface area contributed by atoms with Gasteiger partial charge in [0, 0.05) is 11.6 Å². The van der Waals surface area contributed by atoms with E-state index in [1.807, 2.05) is 24.3 Å². The Bertz CT molecular complexity index is 806. The number of fused-ring (bicyclic) bond motifs is 1. The SMILES string of the molecule is CCCCOc1cc2c(cc1OCCCC)C(C=Cc1ccc(Cl)cc1)NCC2.Cl. The zero-order chi connectivity index (χ0) is 20.5. The van der Waals surface area contributed by atoms with Gasteiger partial charge in [0.25, 0.3) is 0 Å². The van der Waals surface area contributed by atoms with Crippen LogP contribution in [0.15, 0.2) is 42.5 Å². The van der Waals surface area contributed by atoms with Crippen LogP contribution in [0.25, 0.3) is 6.08 Å². The number of nitrogens with one attached hydrogen (secondary N) is 1. The third-order valence-electron chi connectivity index (χ3n) is 5.16. The predicted octanol–water partition coefficient (Wildman–Crippen LogP) is 7.02. The van der Waals surface area contributed by atoms with Crippen LogP contribution in [-0.4, -0.2) is 19.8 Å². The standard InChI is InChI=1S/C25H32ClNO2.ClH/c1-3-5-15-28-24-17-20-13-14-27-23(12-9-19-7-10-21(26)11-8-19)22(20)18-25(24)29-16-6-4-2;/h7-12,17-18,23,27H,3-6,13-16H2,1-2H3;1H. The molecule has 2 aromatic carbocycles. The monoisotopic (exact) mass is 449 g/mol. The van der Waals surface area contributed by atoms with Crippen LogP contribution in [0.4, 0.5) is 0 Å². The molecule has 3 rings (SSSR count). The predicted molar refractivity (Wildman–Crippen MR) is 129 cm³/mol. The smallest absolute Gasteiger partial charge is 0.161 e. The van der Waals surface area contributed by atoms with E-state index in [4.69, 9.17) is 21.1 Å². The van der Waals surface area contributed by atoms with Crippen LogP contribution in [0.1, 0.15) is 62.3 Å². The highest BCUT2D eigenvalue weighted by atomic mass is 35.5. The van der Waals surface area contributed by atoms with Gasteiger partial charge in [-0.15, -0.1) is 12.4 Å². The van der Waals surface area contributed by atoms with Crippen molar-refractivity contribution in [3.05, 3.63) is 64.2 Å². The molecule has 1 aliphatic rings. The average Bonchev–Trinajstić information content (AvgIpc) is 2.74. The van der Waals surface area contributed by atoms with Gasteiger partial charge in [-0.05, 0) is 60.2 Å². The molecule has 1 unspecified atom stereocenters. The molecule has 0 saturated carbocycles. The second kappa shape index (κ2) is 12.9. The molecule has 1 atom stereocenters. The lowest BCUT2D eigenvalue weighted by atomic mass is 9.93. The van der Waals surface area contributed by atoms with Gasteiger partial charge in [0.2, 0.25) is 0 Å². The molecule has 1 heterocycles. The average molecular weight is 450 g/mol. The molecule has 0 radical (unpaired) electrons. The van der Waals surface area contributed by atoms with Crippen molar-refractivity contribution >= 4 is 30.1 Å². The zero-order valence-corrected chi connectivity index (χ0v) is 19.5. The fourth-order valence-corrected chi connectivity index (χ4v) is 3.55. The normalized spacial score (nSPS) is 15.5. The summed E-state index contributed by atoms with van der Waals surface area (Å²) < 4.78 is 12.2. The highest BCUT2D eigenvalue weighted by Gasteiger charge is 2.21. The van der Waals surface area contributed by atoms with Crippen LogP contribution >= 0.6 is 24.0 Å². The minimum absolute atomic E-state index is 0. The Morgan fingerprint density at radius 1 is 1.00 bits per heavy atom. The van der Waals surface area contributed by atoms with Gasteiger partial charge in [0.15, 0.2) is 11.5 Å². The quantitative estimate of drug-likeness (QED) is 0.395. The summed E-state index contributed by atoms with van der Waals surface area (Å²) in [6, 6.07) is 12.4. The zero-order valence-electron chi connectivity index (χ0n) is 18.0. The summed E-state index contributed by atoms with van der Waals surface area (Å²) in [6.45, 7) is 6.76. The number of hydrogen-bond acceptors (Lipinski definition) is 3. The van der Waals surface area contributed by atoms with Crippen LogP contribution < -0.4 is 14.8 Å². The second-order valence-corrected chi connectivity index (χ2v) is 7.93. The van der Waals surface area contributed by atoms with Gasteiger partial charge in [-0.3, -0.25) is 0 Å². The molecule has 164 valence electrons. The Hall–Kier alpha value is -1.68. The first kappa shape index (κ1) is 24.6. The highest BCUT2D eigenvalue weighted by Crippen LogP contribution is 2.36. The van der Waals surface area contributed by atoms with Crippen LogP contribution in [0, 0.1) is 0 Å². The Balaban J connectivity index is 0.00000320. The second-order valence-electron chi connectivity index (χ2n) is 7.49. The van der Waals surface area contributed by atoms with E-state index in [0.717, 1.165) is 73.9 Å². The molecule has 0 spiro atoms. The van der Waals surface area contributed by atoms with Crippen molar-refractivity contribution in [2.75, 3.05) is 19.8 Å². The van der Waals surface area contributed by atoms with Gasteiger partial charge in [-0.2, -0.15) is 0 Å². The summed E-state index contributed by atoms with van der Waals surface area (Å²) >= 11 is 6.00. The number of benzene rings is 2. The third-order valence-corrected chi connectivity index (χ3v) is 5.41. The lowest BCUT2D eigenvalue weighted by Crippen LogP contribution is -2.28. The van der Waals surface area contributed by atoms with Gasteiger partial charge < -0.3 is 14.8 Å². The van der Waals surface area contributed by atoms with Crippen molar-refractivity contribution in [2.45, 2.75) is 52.0 Å². The molecule has 30 heavy (non-hydrogen) atoms. The molecule has 0 saturated heterocycles. The Morgan fingerprint density at radius 3 is 2.27 bits per heavy atom. The summed E-state index contributed by atoms with van der Waals surface area (Å²) in [6.07, 6.45) is 9.70. The first-order valence-electron chi connectivity index (χ1n) is 10.8. The van der Waals surface area contributed by atoms with E-state index < -0.39 is 0 Å². The third kappa shape index (κ3) is 6.94. The van der Waals surface area contributed by atoms with Gasteiger partial charge in [0.05, 0.1) is 19.3 Å². The van der Waals surface area contributed by atoms with Crippen LogP contribution in [0.2, 0.25) is 5.02 Å². The van der Waals surface area contributed by atoms with Crippen molar-refractivity contribution in [1.29, 1.82) is 0 Å². The fourth-order valence-electron chi connectivity index (χ4n) is 3.43. The lowest BCUT2D eigenvalue weighted by molar-refractivity contribution is 0.261. The van der Waals surface area contributed by atoms with E-state index in [2.05, 4.69) is 43.4 Å². The molecule has 1 aliphatic heterocycles. The molecule has 2 aromatic rings. The number of rotatable bonds is 10. The number of hydrogen-bond donors (Lipinski definition) is 1. The maximum atomic E-state index is 6.11. The molecule has 5 heteroatoms. The topological polar surface area (TPSA) is 30.5 Å². The molecular weight excluding hydrogens is 417 g/mol. The van der Waals surface area contributed by atoms with Crippen molar-refractivity contribution in [3.8, 4) is 11.5 Å². The fraction of sp³-hybridized carbons (Fsp3) is 0.440. The van der Waals surface area contributed by atoms with Crippen molar-refractivity contribution < 1.29 is 9.47 Å². The van der Waals surface area contributed by atoms with E-state index >= 15 is 0 Å². The largest absolute Gasteiger partial charge is 0.490 e. The van der Waals surface area contributed by atoms with E-state index in [0.29, 0.717) is 0 Å². The van der Waals surface area contributed by atoms with Crippen LogP contribution in [-0.2, 0) is 6.42 Å². The van der Waals surface area contributed by atoms with Crippen LogP contribution in [0.3, 0.4) is 0 Å². The minimum atomic E-state index is 0. The number of unbranched alkanes of at least 4 members (excludes halogenated alkanes) is 2. The van der Waals surface area contributed by atoms with E-state index in [-0.39, 0.29) is 18.4 Å². The van der Waals surface area contributed by atoms with E-state index in [1.54, 1.807) is 0 Å². The van der Waals surface area contributed by atoms with Crippen molar-refractivity contribution in [3.63, 3.8) is 0 Å². The summed E-state index contributed by atoms with van der Waals surface area (Å²) in [5, 5.41) is 4.37. The summed E-state index contributed by atoms with van der Waals surface area (Å²) in [5.74, 6) is 1.75. The first-order chi connectivity index (χ1) is 14.2. The lowest BCUT2D eigenvalue weighted by Gasteiger charge is -2.26. The molecule has 0 amide bonds. The van der Waals surface area contributed by atoms with Gasteiger partial charge >= 0.3 is 0 Å². The number of halogens is 2. The maximum absolute atomic E-state index is 6.11. The van der Waals surface area contributed by atoms with Gasteiger partial charge in [0.1, 0.15) is 0 Å². The molecule has 0 aromatic heterocycles. The molecule has 0 aliphatic carbocycles. The Kier molecular flexibility index (Phi) is 10.6. The molecular formula is C25H33Cl2NO2. The summed E-state index contributed by atoms with van der Waals surface area (Å²) in [4.78, 5) is 0. The van der Waals surface area contributed by atoms with E-state index in [1.165, 1.54) is 11.1 Å². The number of ether oxygens (including phenoxy) is 2. The van der Waals surface area contributed by atoms with Crippen molar-refractivity contribution in [1.82, 2.24) is 5.32 Å².